The van der Waals surface area contributed by atoms with Crippen molar-refractivity contribution < 1.29 is 9.53 Å². The summed E-state index contributed by atoms with van der Waals surface area (Å²) in [6, 6.07) is 5.30. The highest BCUT2D eigenvalue weighted by atomic mass is 79.9. The average molecular weight is 385 g/mol. The number of carbonyl (C=O) groups is 1. The first-order valence-electron chi connectivity index (χ1n) is 7.54. The van der Waals surface area contributed by atoms with Crippen LogP contribution in [0.15, 0.2) is 22.7 Å². The van der Waals surface area contributed by atoms with Crippen molar-refractivity contribution in [2.75, 3.05) is 13.1 Å². The van der Waals surface area contributed by atoms with E-state index >= 15 is 0 Å². The lowest BCUT2D eigenvalue weighted by Gasteiger charge is -2.28. The molecular formula is C16H21BrN2O2S. The predicted octanol–water partition coefficient (Wildman–Crippen LogP) is 3.74. The van der Waals surface area contributed by atoms with Crippen molar-refractivity contribution in [2.24, 2.45) is 0 Å². The summed E-state index contributed by atoms with van der Waals surface area (Å²) in [6.45, 7) is 5.77. The van der Waals surface area contributed by atoms with Gasteiger partial charge in [-0.05, 0) is 79.5 Å². The van der Waals surface area contributed by atoms with Crippen LogP contribution in [-0.4, -0.2) is 35.1 Å². The van der Waals surface area contributed by atoms with Gasteiger partial charge in [0.25, 0.3) is 5.91 Å². The van der Waals surface area contributed by atoms with Crippen LogP contribution in [-0.2, 0) is 0 Å². The zero-order chi connectivity index (χ0) is 16.1. The van der Waals surface area contributed by atoms with Crippen molar-refractivity contribution in [3.8, 4) is 5.75 Å². The number of halogens is 1. The lowest BCUT2D eigenvalue weighted by molar-refractivity contribution is 0.0972. The van der Waals surface area contributed by atoms with Gasteiger partial charge in [0.1, 0.15) is 5.75 Å². The molecule has 0 aliphatic carbocycles. The molecule has 0 bridgehead atoms. The van der Waals surface area contributed by atoms with E-state index in [0.29, 0.717) is 10.7 Å². The highest BCUT2D eigenvalue weighted by molar-refractivity contribution is 9.10. The minimum Gasteiger partial charge on any atom is -0.490 e. The number of piperidine rings is 1. The summed E-state index contributed by atoms with van der Waals surface area (Å²) >= 11 is 8.76. The van der Waals surface area contributed by atoms with Crippen molar-refractivity contribution in [3.63, 3.8) is 0 Å². The predicted molar refractivity (Wildman–Crippen MR) is 95.4 cm³/mol. The van der Waals surface area contributed by atoms with Crippen molar-refractivity contribution in [2.45, 2.75) is 39.2 Å². The fourth-order valence-corrected chi connectivity index (χ4v) is 3.08. The van der Waals surface area contributed by atoms with Gasteiger partial charge in [0.15, 0.2) is 5.11 Å². The van der Waals surface area contributed by atoms with Gasteiger partial charge in [-0.3, -0.25) is 10.1 Å². The first-order valence-corrected chi connectivity index (χ1v) is 8.74. The second kappa shape index (κ2) is 7.92. The molecule has 2 rings (SSSR count). The molecule has 1 aromatic rings. The van der Waals surface area contributed by atoms with E-state index in [1.165, 1.54) is 6.42 Å². The third-order valence-corrected chi connectivity index (χ3v) is 4.40. The Kier molecular flexibility index (Phi) is 6.20. The molecule has 0 radical (unpaired) electrons. The third kappa shape index (κ3) is 4.68. The van der Waals surface area contributed by atoms with Crippen LogP contribution in [0.2, 0.25) is 0 Å². The largest absolute Gasteiger partial charge is 0.490 e. The molecule has 0 aromatic heterocycles. The molecule has 0 spiro atoms. The molecule has 1 aliphatic rings. The first kappa shape index (κ1) is 17.2. The van der Waals surface area contributed by atoms with Crippen LogP contribution in [0.5, 0.6) is 5.75 Å². The molecule has 0 saturated carbocycles. The Bertz CT molecular complexity index is 557. The minimum absolute atomic E-state index is 0.0858. The maximum absolute atomic E-state index is 12.3. The quantitative estimate of drug-likeness (QED) is 0.805. The molecule has 22 heavy (non-hydrogen) atoms. The number of rotatable bonds is 3. The van der Waals surface area contributed by atoms with E-state index < -0.39 is 0 Å². The number of hydrogen-bond acceptors (Lipinski definition) is 3. The number of carbonyl (C=O) groups excluding carboxylic acids is 1. The summed E-state index contributed by atoms with van der Waals surface area (Å²) < 4.78 is 6.41. The summed E-state index contributed by atoms with van der Waals surface area (Å²) in [4.78, 5) is 14.4. The van der Waals surface area contributed by atoms with E-state index in [-0.39, 0.29) is 12.0 Å². The second-order valence-corrected chi connectivity index (χ2v) is 6.86. The lowest BCUT2D eigenvalue weighted by atomic mass is 10.1. The van der Waals surface area contributed by atoms with Crippen LogP contribution in [0.4, 0.5) is 0 Å². The number of benzene rings is 1. The first-order chi connectivity index (χ1) is 10.5. The standard InChI is InChI=1S/C16H21BrN2O2S/c1-11(2)21-14-7-6-12(10-13(14)17)15(20)18-16(22)19-8-4-3-5-9-19/h6-7,10-11H,3-5,8-9H2,1-2H3,(H,18,20,22). The fraction of sp³-hybridized carbons (Fsp3) is 0.500. The van der Waals surface area contributed by atoms with Crippen LogP contribution in [0.25, 0.3) is 0 Å². The zero-order valence-electron chi connectivity index (χ0n) is 12.9. The van der Waals surface area contributed by atoms with Crippen molar-refractivity contribution in [1.29, 1.82) is 0 Å². The Morgan fingerprint density at radius 3 is 2.59 bits per heavy atom. The molecule has 4 nitrogen and oxygen atoms in total. The van der Waals surface area contributed by atoms with Crippen LogP contribution in [0, 0.1) is 0 Å². The van der Waals surface area contributed by atoms with E-state index in [0.717, 1.165) is 36.2 Å². The molecule has 1 fully saturated rings. The fourth-order valence-electron chi connectivity index (χ4n) is 2.34. The molecule has 1 aliphatic heterocycles. The second-order valence-electron chi connectivity index (χ2n) is 5.62. The van der Waals surface area contributed by atoms with Crippen molar-refractivity contribution >= 4 is 39.2 Å². The summed E-state index contributed by atoms with van der Waals surface area (Å²) in [5, 5.41) is 3.33. The molecule has 0 atom stereocenters. The Labute approximate surface area is 145 Å². The maximum atomic E-state index is 12.3. The molecular weight excluding hydrogens is 364 g/mol. The summed E-state index contributed by atoms with van der Waals surface area (Å²) in [5.74, 6) is 0.539. The molecule has 1 saturated heterocycles. The summed E-state index contributed by atoms with van der Waals surface area (Å²) in [7, 11) is 0. The topological polar surface area (TPSA) is 41.6 Å². The van der Waals surface area contributed by atoms with Gasteiger partial charge in [0.2, 0.25) is 0 Å². The van der Waals surface area contributed by atoms with Crippen LogP contribution in [0.3, 0.4) is 0 Å². The van der Waals surface area contributed by atoms with Gasteiger partial charge in [-0.25, -0.2) is 0 Å². The van der Waals surface area contributed by atoms with Gasteiger partial charge in [0.05, 0.1) is 10.6 Å². The highest BCUT2D eigenvalue weighted by Gasteiger charge is 2.17. The molecule has 0 unspecified atom stereocenters. The Morgan fingerprint density at radius 1 is 1.32 bits per heavy atom. The number of nitrogens with zero attached hydrogens (tertiary/aromatic N) is 1. The zero-order valence-corrected chi connectivity index (χ0v) is 15.3. The van der Waals surface area contributed by atoms with Crippen molar-refractivity contribution in [3.05, 3.63) is 28.2 Å². The van der Waals surface area contributed by atoms with Crippen LogP contribution in [0.1, 0.15) is 43.5 Å². The Balaban J connectivity index is 2.00. The number of hydrogen-bond donors (Lipinski definition) is 1. The number of amides is 1. The van der Waals surface area contributed by atoms with E-state index in [2.05, 4.69) is 26.1 Å². The van der Waals surface area contributed by atoms with Gasteiger partial charge in [-0.15, -0.1) is 0 Å². The van der Waals surface area contributed by atoms with Crippen LogP contribution >= 0.6 is 28.1 Å². The van der Waals surface area contributed by atoms with E-state index in [4.69, 9.17) is 17.0 Å². The smallest absolute Gasteiger partial charge is 0.257 e. The normalized spacial score (nSPS) is 14.8. The monoisotopic (exact) mass is 384 g/mol. The molecule has 120 valence electrons. The lowest BCUT2D eigenvalue weighted by Crippen LogP contribution is -2.44. The maximum Gasteiger partial charge on any atom is 0.257 e. The highest BCUT2D eigenvalue weighted by Crippen LogP contribution is 2.27. The minimum atomic E-state index is -0.188. The Morgan fingerprint density at radius 2 is 2.00 bits per heavy atom. The number of likely N-dealkylation sites (tertiary alicyclic amines) is 1. The third-order valence-electron chi connectivity index (χ3n) is 3.42. The average Bonchev–Trinajstić information content (AvgIpc) is 2.49. The van der Waals surface area contributed by atoms with E-state index in [9.17, 15) is 4.79 Å². The van der Waals surface area contributed by atoms with Gasteiger partial charge in [0, 0.05) is 18.7 Å². The van der Waals surface area contributed by atoms with E-state index in [1.54, 1.807) is 18.2 Å². The summed E-state index contributed by atoms with van der Waals surface area (Å²) in [6.07, 6.45) is 3.57. The molecule has 1 amide bonds. The number of nitrogens with one attached hydrogen (secondary N) is 1. The van der Waals surface area contributed by atoms with Gasteiger partial charge >= 0.3 is 0 Å². The van der Waals surface area contributed by atoms with E-state index in [1.807, 2.05) is 13.8 Å². The van der Waals surface area contributed by atoms with Crippen molar-refractivity contribution in [1.82, 2.24) is 10.2 Å². The molecule has 1 aromatic carbocycles. The van der Waals surface area contributed by atoms with Crippen LogP contribution < -0.4 is 10.1 Å². The van der Waals surface area contributed by atoms with Gasteiger partial charge in [-0.1, -0.05) is 0 Å². The molecule has 1 heterocycles. The Hall–Kier alpha value is -1.14. The number of ether oxygens (including phenoxy) is 1. The summed E-state index contributed by atoms with van der Waals surface area (Å²) in [5.41, 5.74) is 0.558. The van der Waals surface area contributed by atoms with Gasteiger partial charge < -0.3 is 9.64 Å². The molecule has 1 N–H and O–H groups in total. The number of thiocarbonyl (C=S) groups is 1. The van der Waals surface area contributed by atoms with Gasteiger partial charge in [-0.2, -0.15) is 0 Å². The SMILES string of the molecule is CC(C)Oc1ccc(C(=O)NC(=S)N2CCCCC2)cc1Br. The molecule has 6 heteroatoms.